The Balaban J connectivity index is 0.000000412. The molecule has 8 heteroatoms. The number of aryl methyl sites for hydroxylation is 2. The molecule has 1 aromatic heterocycles. The fraction of sp³-hybridized carbons (Fsp3) is 0.480. The molecule has 0 radical (unpaired) electrons. The van der Waals surface area contributed by atoms with E-state index < -0.39 is 10.1 Å². The van der Waals surface area contributed by atoms with Gasteiger partial charge in [0, 0.05) is 11.8 Å². The zero-order valence-electron chi connectivity index (χ0n) is 20.2. The molecule has 2 rings (SSSR count). The Bertz CT molecular complexity index is 987. The Labute approximate surface area is 198 Å². The lowest BCUT2D eigenvalue weighted by atomic mass is 10.1. The van der Waals surface area contributed by atoms with Gasteiger partial charge in [-0.1, -0.05) is 63.1 Å². The van der Waals surface area contributed by atoms with E-state index in [1.165, 1.54) is 50.7 Å². The number of aromatic nitrogens is 1. The molecule has 0 spiro atoms. The number of rotatable bonds is 11. The number of carbonyl (C=O) groups excluding carboxylic acids is 1. The predicted molar refractivity (Wildman–Crippen MR) is 130 cm³/mol. The average Bonchev–Trinajstić information content (AvgIpc) is 2.77. The third-order valence-corrected chi connectivity index (χ3v) is 5.85. The molecular weight excluding hydrogens is 438 g/mol. The minimum atomic E-state index is -4.27. The molecule has 0 aliphatic carbocycles. The minimum Gasteiger partial charge on any atom is -0.744 e. The Morgan fingerprint density at radius 3 is 2.21 bits per heavy atom. The lowest BCUT2D eigenvalue weighted by Gasteiger charge is -2.05. The molecule has 7 nitrogen and oxygen atoms in total. The molecule has 0 fully saturated rings. The van der Waals surface area contributed by atoms with Crippen LogP contribution in [0.1, 0.15) is 81.1 Å². The predicted octanol–water partition coefficient (Wildman–Crippen LogP) is 4.66. The zero-order chi connectivity index (χ0) is 24.7. The van der Waals surface area contributed by atoms with Crippen molar-refractivity contribution in [2.75, 3.05) is 0 Å². The van der Waals surface area contributed by atoms with E-state index in [1.54, 1.807) is 24.4 Å². The lowest BCUT2D eigenvalue weighted by molar-refractivity contribution is -0.671. The first-order valence-corrected chi connectivity index (χ1v) is 12.9. The third kappa shape index (κ3) is 12.9. The van der Waals surface area contributed by atoms with E-state index in [0.717, 1.165) is 24.1 Å². The highest BCUT2D eigenvalue weighted by atomic mass is 32.2. The van der Waals surface area contributed by atoms with Gasteiger partial charge in [-0.2, -0.15) is 5.10 Å². The molecule has 0 aliphatic rings. The molecule has 1 amide bonds. The topological polar surface area (TPSA) is 103 Å². The summed E-state index contributed by atoms with van der Waals surface area (Å²) in [7, 11) is -2.37. The number of pyridine rings is 1. The Morgan fingerprint density at radius 1 is 1.03 bits per heavy atom. The molecule has 0 unspecified atom stereocenters. The van der Waals surface area contributed by atoms with Crippen LogP contribution in [0.5, 0.6) is 0 Å². The van der Waals surface area contributed by atoms with Crippen LogP contribution in [0.3, 0.4) is 0 Å². The highest BCUT2D eigenvalue weighted by Gasteiger charge is 2.07. The third-order valence-electron chi connectivity index (χ3n) is 5.00. The molecule has 1 heterocycles. The van der Waals surface area contributed by atoms with Crippen LogP contribution < -0.4 is 9.99 Å². The molecule has 2 aromatic rings. The van der Waals surface area contributed by atoms with Gasteiger partial charge in [0.15, 0.2) is 12.4 Å². The summed E-state index contributed by atoms with van der Waals surface area (Å²) >= 11 is 0. The van der Waals surface area contributed by atoms with Crippen molar-refractivity contribution >= 4 is 21.7 Å². The van der Waals surface area contributed by atoms with E-state index in [2.05, 4.69) is 17.5 Å². The number of hydrogen-bond donors (Lipinski definition) is 1. The maximum absolute atomic E-state index is 11.9. The van der Waals surface area contributed by atoms with Crippen LogP contribution in [0.4, 0.5) is 0 Å². The maximum Gasteiger partial charge on any atom is 0.277 e. The fourth-order valence-electron chi connectivity index (χ4n) is 3.03. The summed E-state index contributed by atoms with van der Waals surface area (Å²) in [6.45, 7) is 6.03. The van der Waals surface area contributed by atoms with Crippen molar-refractivity contribution in [1.82, 2.24) is 5.43 Å². The van der Waals surface area contributed by atoms with Gasteiger partial charge in [-0.05, 0) is 44.9 Å². The summed E-state index contributed by atoms with van der Waals surface area (Å²) in [6.07, 6.45) is 13.7. The normalized spacial score (nSPS) is 11.5. The quantitative estimate of drug-likeness (QED) is 0.168. The summed E-state index contributed by atoms with van der Waals surface area (Å²) in [4.78, 5) is 11.8. The van der Waals surface area contributed by atoms with E-state index >= 15 is 0 Å². The number of hydrogen-bond acceptors (Lipinski definition) is 5. The van der Waals surface area contributed by atoms with Gasteiger partial charge in [0.05, 0.1) is 4.90 Å². The highest BCUT2D eigenvalue weighted by molar-refractivity contribution is 7.85. The van der Waals surface area contributed by atoms with E-state index in [1.807, 2.05) is 37.7 Å². The molecule has 1 N–H and O–H groups in total. The van der Waals surface area contributed by atoms with Gasteiger partial charge in [0.1, 0.15) is 22.7 Å². The Kier molecular flexibility index (Phi) is 13.2. The molecule has 0 saturated carbocycles. The van der Waals surface area contributed by atoms with Gasteiger partial charge in [0.2, 0.25) is 0 Å². The van der Waals surface area contributed by atoms with E-state index in [-0.39, 0.29) is 10.8 Å². The first-order valence-electron chi connectivity index (χ1n) is 11.4. The second-order valence-corrected chi connectivity index (χ2v) is 9.56. The molecule has 0 atom stereocenters. The second-order valence-electron chi connectivity index (χ2n) is 8.18. The van der Waals surface area contributed by atoms with Crippen LogP contribution in [0.2, 0.25) is 0 Å². The molecular formula is C25H37N3O4S. The number of nitrogens with one attached hydrogen (secondary N) is 1. The second kappa shape index (κ2) is 15.3. The van der Waals surface area contributed by atoms with Crippen molar-refractivity contribution in [3.8, 4) is 0 Å². The molecule has 182 valence electrons. The van der Waals surface area contributed by atoms with Crippen LogP contribution in [-0.4, -0.2) is 24.6 Å². The van der Waals surface area contributed by atoms with Gasteiger partial charge in [-0.15, -0.1) is 0 Å². The number of nitrogens with zero attached hydrogens (tertiary/aromatic N) is 2. The van der Waals surface area contributed by atoms with Crippen molar-refractivity contribution in [2.45, 2.75) is 77.0 Å². The number of hydrazone groups is 1. The smallest absolute Gasteiger partial charge is 0.277 e. The van der Waals surface area contributed by atoms with Gasteiger partial charge < -0.3 is 4.55 Å². The molecule has 0 bridgehead atoms. The van der Waals surface area contributed by atoms with Crippen LogP contribution in [0, 0.1) is 6.92 Å². The van der Waals surface area contributed by atoms with Crippen molar-refractivity contribution in [3.63, 3.8) is 0 Å². The van der Waals surface area contributed by atoms with E-state index in [0.29, 0.717) is 5.56 Å². The highest BCUT2D eigenvalue weighted by Crippen LogP contribution is 2.09. The summed E-state index contributed by atoms with van der Waals surface area (Å²) in [6, 6.07) is 9.42. The van der Waals surface area contributed by atoms with Crippen LogP contribution in [0.15, 0.2) is 58.8 Å². The van der Waals surface area contributed by atoms with Crippen molar-refractivity contribution in [3.05, 3.63) is 59.9 Å². The number of amides is 1. The SMILES string of the molecule is CCCCCCCCC/C(C)=N/NC(=O)c1ccc[n+](C)c1.Cc1ccc(S(=O)(=O)[O-])cc1. The summed E-state index contributed by atoms with van der Waals surface area (Å²) in [5, 5.41) is 4.19. The van der Waals surface area contributed by atoms with Crippen LogP contribution >= 0.6 is 0 Å². The van der Waals surface area contributed by atoms with Gasteiger partial charge >= 0.3 is 0 Å². The number of carbonyl (C=O) groups is 1. The van der Waals surface area contributed by atoms with E-state index in [9.17, 15) is 17.8 Å². The Morgan fingerprint density at radius 2 is 1.64 bits per heavy atom. The maximum atomic E-state index is 11.9. The molecule has 0 aliphatic heterocycles. The van der Waals surface area contributed by atoms with Crippen LogP contribution in [0.25, 0.3) is 0 Å². The Hall–Kier alpha value is -2.58. The standard InChI is InChI=1S/C18H29N3O.C7H8O3S/c1-4-5-6-7-8-9-10-12-16(2)19-20-18(22)17-13-11-14-21(3)15-17;1-6-2-4-7(5-3-6)11(8,9)10/h11,13-15H,4-10,12H2,1-3H3;2-5H,1H3,(H,8,9,10)/b19-16+;. The monoisotopic (exact) mass is 475 g/mol. The van der Waals surface area contributed by atoms with E-state index in [4.69, 9.17) is 0 Å². The molecule has 1 aromatic carbocycles. The first-order chi connectivity index (χ1) is 15.6. The number of benzene rings is 1. The summed E-state index contributed by atoms with van der Waals surface area (Å²) < 4.78 is 33.0. The van der Waals surface area contributed by atoms with Crippen molar-refractivity contribution < 1.29 is 22.3 Å². The summed E-state index contributed by atoms with van der Waals surface area (Å²) in [5.41, 5.74) is 5.17. The number of unbranched alkanes of at least 4 members (excludes halogenated alkanes) is 6. The van der Waals surface area contributed by atoms with Gasteiger partial charge in [0.25, 0.3) is 5.91 Å². The largest absolute Gasteiger partial charge is 0.744 e. The lowest BCUT2D eigenvalue weighted by Crippen LogP contribution is -2.30. The molecule has 33 heavy (non-hydrogen) atoms. The van der Waals surface area contributed by atoms with Crippen molar-refractivity contribution in [2.24, 2.45) is 12.1 Å². The zero-order valence-corrected chi connectivity index (χ0v) is 21.0. The minimum absolute atomic E-state index is 0.157. The summed E-state index contributed by atoms with van der Waals surface area (Å²) in [5.74, 6) is -0.157. The molecule has 0 saturated heterocycles. The van der Waals surface area contributed by atoms with Gasteiger partial charge in [-0.3, -0.25) is 4.79 Å². The van der Waals surface area contributed by atoms with Crippen LogP contribution in [-0.2, 0) is 17.2 Å². The average molecular weight is 476 g/mol. The first kappa shape index (κ1) is 28.5. The van der Waals surface area contributed by atoms with Gasteiger partial charge in [-0.25, -0.2) is 18.4 Å². The van der Waals surface area contributed by atoms with Crippen molar-refractivity contribution in [1.29, 1.82) is 0 Å². The fourth-order valence-corrected chi connectivity index (χ4v) is 3.50.